The van der Waals surface area contributed by atoms with Gasteiger partial charge in [0.1, 0.15) is 5.58 Å². The van der Waals surface area contributed by atoms with Gasteiger partial charge in [-0.1, -0.05) is 0 Å². The van der Waals surface area contributed by atoms with E-state index in [-0.39, 0.29) is 11.9 Å². The van der Waals surface area contributed by atoms with Crippen LogP contribution < -0.4 is 5.73 Å². The summed E-state index contributed by atoms with van der Waals surface area (Å²) >= 11 is 0. The van der Waals surface area contributed by atoms with Crippen LogP contribution in [0.1, 0.15) is 23.4 Å². The number of benzene rings is 1. The van der Waals surface area contributed by atoms with E-state index in [0.717, 1.165) is 31.3 Å². The molecule has 1 aliphatic heterocycles. The number of piperidine rings is 1. The monoisotopic (exact) mass is 287 g/mol. The predicted molar refractivity (Wildman–Crippen MR) is 83.2 cm³/mol. The minimum Gasteiger partial charge on any atom is -0.451 e. The van der Waals surface area contributed by atoms with Gasteiger partial charge in [0.25, 0.3) is 5.91 Å². The minimum atomic E-state index is -0.0647. The molecule has 0 bridgehead atoms. The smallest absolute Gasteiger partial charge is 0.289 e. The van der Waals surface area contributed by atoms with Crippen molar-refractivity contribution in [1.29, 1.82) is 0 Å². The maximum atomic E-state index is 12.6. The molecule has 2 N–H and O–H groups in total. The van der Waals surface area contributed by atoms with Gasteiger partial charge in [-0.15, -0.1) is 0 Å². The van der Waals surface area contributed by atoms with E-state index in [1.807, 2.05) is 13.1 Å². The molecule has 0 saturated carbocycles. The van der Waals surface area contributed by atoms with Gasteiger partial charge in [0, 0.05) is 30.7 Å². The number of nitrogens with zero attached hydrogens (tertiary/aromatic N) is 2. The second kappa shape index (κ2) is 5.41. The number of likely N-dealkylation sites (tertiary alicyclic amines) is 1. The summed E-state index contributed by atoms with van der Waals surface area (Å²) in [5.74, 6) is 0.316. The van der Waals surface area contributed by atoms with Crippen molar-refractivity contribution in [1.82, 2.24) is 9.80 Å². The van der Waals surface area contributed by atoms with Crippen LogP contribution in [0.25, 0.3) is 11.0 Å². The summed E-state index contributed by atoms with van der Waals surface area (Å²) in [6.07, 6.45) is 2.16. The molecule has 1 amide bonds. The Morgan fingerprint density at radius 1 is 1.43 bits per heavy atom. The molecule has 0 aliphatic carbocycles. The summed E-state index contributed by atoms with van der Waals surface area (Å²) < 4.78 is 5.66. The molecule has 2 aromatic rings. The third-order valence-corrected chi connectivity index (χ3v) is 4.22. The van der Waals surface area contributed by atoms with E-state index in [2.05, 4.69) is 11.9 Å². The number of anilines is 1. The number of hydrogen-bond donors (Lipinski definition) is 1. The molecule has 0 spiro atoms. The van der Waals surface area contributed by atoms with E-state index >= 15 is 0 Å². The fourth-order valence-corrected chi connectivity index (χ4v) is 2.96. The molecule has 1 aliphatic rings. The molecular weight excluding hydrogens is 266 g/mol. The Bertz CT molecular complexity index is 665. The fraction of sp³-hybridized carbons (Fsp3) is 0.438. The fourth-order valence-electron chi connectivity index (χ4n) is 2.96. The van der Waals surface area contributed by atoms with E-state index in [4.69, 9.17) is 10.2 Å². The number of nitrogen functional groups attached to an aromatic ring is 1. The van der Waals surface area contributed by atoms with E-state index in [0.29, 0.717) is 17.0 Å². The zero-order chi connectivity index (χ0) is 15.0. The number of carbonyl (C=O) groups excluding carboxylic acids is 1. The Morgan fingerprint density at radius 3 is 3.00 bits per heavy atom. The Hall–Kier alpha value is -2.01. The van der Waals surface area contributed by atoms with Crippen LogP contribution in [-0.2, 0) is 0 Å². The first-order chi connectivity index (χ1) is 10.0. The maximum Gasteiger partial charge on any atom is 0.289 e. The lowest BCUT2D eigenvalue weighted by atomic mass is 10.0. The van der Waals surface area contributed by atoms with Gasteiger partial charge in [0.05, 0.1) is 0 Å². The zero-order valence-corrected chi connectivity index (χ0v) is 12.5. The molecular formula is C16H21N3O2. The Balaban J connectivity index is 1.82. The number of carbonyl (C=O) groups is 1. The second-order valence-corrected chi connectivity index (χ2v) is 5.88. The first-order valence-corrected chi connectivity index (χ1v) is 7.29. The topological polar surface area (TPSA) is 62.7 Å². The number of furan rings is 1. The second-order valence-electron chi connectivity index (χ2n) is 5.88. The number of amides is 1. The summed E-state index contributed by atoms with van der Waals surface area (Å²) in [6, 6.07) is 7.42. The largest absolute Gasteiger partial charge is 0.451 e. The zero-order valence-electron chi connectivity index (χ0n) is 12.5. The third kappa shape index (κ3) is 2.74. The number of rotatable bonds is 2. The van der Waals surface area contributed by atoms with E-state index in [1.54, 1.807) is 23.1 Å². The molecule has 1 aromatic carbocycles. The molecule has 5 heteroatoms. The summed E-state index contributed by atoms with van der Waals surface area (Å²) in [4.78, 5) is 16.7. The van der Waals surface area contributed by atoms with Crippen LogP contribution in [0.5, 0.6) is 0 Å². The molecule has 1 unspecified atom stereocenters. The summed E-state index contributed by atoms with van der Waals surface area (Å²) in [7, 11) is 3.95. The van der Waals surface area contributed by atoms with Gasteiger partial charge in [0.15, 0.2) is 5.76 Å². The van der Waals surface area contributed by atoms with Gasteiger partial charge in [0.2, 0.25) is 0 Å². The Labute approximate surface area is 124 Å². The molecule has 1 saturated heterocycles. The SMILES string of the molecule is CN1CCCC(N(C)C(=O)c2cc3cc(N)ccc3o2)C1. The molecule has 1 atom stereocenters. The standard InChI is InChI=1S/C16H21N3O2/c1-18-7-3-4-13(10-18)19(2)16(20)15-9-11-8-12(17)5-6-14(11)21-15/h5-6,8-9,13H,3-4,7,10,17H2,1-2H3. The number of hydrogen-bond acceptors (Lipinski definition) is 4. The normalized spacial score (nSPS) is 19.8. The van der Waals surface area contributed by atoms with Crippen LogP contribution in [0.4, 0.5) is 5.69 Å². The Kier molecular flexibility index (Phi) is 3.59. The van der Waals surface area contributed by atoms with Crippen molar-refractivity contribution >= 4 is 22.6 Å². The van der Waals surface area contributed by atoms with Gasteiger partial charge in [-0.3, -0.25) is 4.79 Å². The number of likely N-dealkylation sites (N-methyl/N-ethyl adjacent to an activating group) is 2. The lowest BCUT2D eigenvalue weighted by Crippen LogP contribution is -2.47. The highest BCUT2D eigenvalue weighted by atomic mass is 16.3. The first kappa shape index (κ1) is 13.9. The van der Waals surface area contributed by atoms with Crippen molar-refractivity contribution in [3.05, 3.63) is 30.0 Å². The highest BCUT2D eigenvalue weighted by Gasteiger charge is 2.26. The molecule has 1 aromatic heterocycles. The summed E-state index contributed by atoms with van der Waals surface area (Å²) in [6.45, 7) is 2.01. The molecule has 3 rings (SSSR count). The first-order valence-electron chi connectivity index (χ1n) is 7.29. The lowest BCUT2D eigenvalue weighted by molar-refractivity contribution is 0.0615. The van der Waals surface area contributed by atoms with Gasteiger partial charge in [-0.2, -0.15) is 0 Å². The molecule has 1 fully saturated rings. The van der Waals surface area contributed by atoms with E-state index < -0.39 is 0 Å². The molecule has 2 heterocycles. The molecule has 21 heavy (non-hydrogen) atoms. The lowest BCUT2D eigenvalue weighted by Gasteiger charge is -2.35. The van der Waals surface area contributed by atoms with E-state index in [1.165, 1.54) is 0 Å². The average Bonchev–Trinajstić information content (AvgIpc) is 2.88. The average molecular weight is 287 g/mol. The van der Waals surface area contributed by atoms with Crippen molar-refractivity contribution in [2.75, 3.05) is 32.9 Å². The maximum absolute atomic E-state index is 12.6. The van der Waals surface area contributed by atoms with Crippen molar-refractivity contribution in [2.24, 2.45) is 0 Å². The van der Waals surface area contributed by atoms with Crippen molar-refractivity contribution in [2.45, 2.75) is 18.9 Å². The van der Waals surface area contributed by atoms with Crippen LogP contribution >= 0.6 is 0 Å². The number of nitrogens with two attached hydrogens (primary N) is 1. The summed E-state index contributed by atoms with van der Waals surface area (Å²) in [5.41, 5.74) is 7.13. The molecule has 0 radical (unpaired) electrons. The quantitative estimate of drug-likeness (QED) is 0.860. The van der Waals surface area contributed by atoms with E-state index in [9.17, 15) is 4.79 Å². The van der Waals surface area contributed by atoms with Gasteiger partial charge < -0.3 is 20.0 Å². The highest BCUT2D eigenvalue weighted by Crippen LogP contribution is 2.24. The van der Waals surface area contributed by atoms with Crippen molar-refractivity contribution < 1.29 is 9.21 Å². The van der Waals surface area contributed by atoms with Gasteiger partial charge >= 0.3 is 0 Å². The van der Waals surface area contributed by atoms with Crippen LogP contribution in [0.3, 0.4) is 0 Å². The van der Waals surface area contributed by atoms with Gasteiger partial charge in [-0.05, 0) is 50.7 Å². The van der Waals surface area contributed by atoms with Crippen LogP contribution in [0.15, 0.2) is 28.7 Å². The van der Waals surface area contributed by atoms with Crippen molar-refractivity contribution in [3.63, 3.8) is 0 Å². The predicted octanol–water partition coefficient (Wildman–Crippen LogP) is 2.18. The van der Waals surface area contributed by atoms with Crippen LogP contribution in [-0.4, -0.2) is 48.9 Å². The molecule has 112 valence electrons. The van der Waals surface area contributed by atoms with Crippen LogP contribution in [0, 0.1) is 0 Å². The number of fused-ring (bicyclic) bond motifs is 1. The van der Waals surface area contributed by atoms with Crippen LogP contribution in [0.2, 0.25) is 0 Å². The van der Waals surface area contributed by atoms with Crippen molar-refractivity contribution in [3.8, 4) is 0 Å². The molecule has 5 nitrogen and oxygen atoms in total. The Morgan fingerprint density at radius 2 is 2.24 bits per heavy atom. The third-order valence-electron chi connectivity index (χ3n) is 4.22. The van der Waals surface area contributed by atoms with Gasteiger partial charge in [-0.25, -0.2) is 0 Å². The highest BCUT2D eigenvalue weighted by molar-refractivity contribution is 5.96. The minimum absolute atomic E-state index is 0.0647. The summed E-state index contributed by atoms with van der Waals surface area (Å²) in [5, 5.41) is 0.868.